The number of unbranched alkanes of at least 4 members (excludes halogenated alkanes) is 6. The Morgan fingerprint density at radius 2 is 1.53 bits per heavy atom. The van der Waals surface area contributed by atoms with Crippen LogP contribution in [-0.2, 0) is 5.41 Å². The van der Waals surface area contributed by atoms with E-state index in [2.05, 4.69) is 49.2 Å². The van der Waals surface area contributed by atoms with Crippen molar-refractivity contribution in [2.24, 2.45) is 0 Å². The zero-order chi connectivity index (χ0) is 27.7. The van der Waals surface area contributed by atoms with Crippen molar-refractivity contribution in [3.63, 3.8) is 0 Å². The maximum absolute atomic E-state index is 12.9. The fourth-order valence-corrected chi connectivity index (χ4v) is 6.25. The van der Waals surface area contributed by atoms with E-state index < -0.39 is 18.5 Å². The van der Waals surface area contributed by atoms with Crippen molar-refractivity contribution in [2.75, 3.05) is 18.1 Å². The van der Waals surface area contributed by atoms with Crippen LogP contribution in [0.1, 0.15) is 93.7 Å². The van der Waals surface area contributed by atoms with Crippen molar-refractivity contribution >= 4 is 11.8 Å². The first-order chi connectivity index (χ1) is 18.0. The van der Waals surface area contributed by atoms with Gasteiger partial charge in [0.2, 0.25) is 0 Å². The summed E-state index contributed by atoms with van der Waals surface area (Å²) in [5, 5.41) is 0. The molecule has 2 aromatic rings. The molecule has 212 valence electrons. The lowest BCUT2D eigenvalue weighted by Gasteiger charge is -2.43. The molecule has 0 N–H and O–H groups in total. The third-order valence-electron chi connectivity index (χ3n) is 7.66. The summed E-state index contributed by atoms with van der Waals surface area (Å²) in [6.45, 7) is 5.05. The van der Waals surface area contributed by atoms with Gasteiger partial charge in [-0.05, 0) is 72.6 Å². The van der Waals surface area contributed by atoms with Crippen LogP contribution in [0.25, 0.3) is 0 Å². The molecule has 38 heavy (non-hydrogen) atoms. The molecule has 2 nitrogen and oxygen atoms in total. The standard InChI is InChI=1S/C30H40F5NOS/c1-23-12-13-25-26(28(2,22-37-27(25)21-23)24-14-17-36-18-15-24)11-8-6-4-3-5-7-9-19-38-20-10-16-29(31,32)30(33,34)35/h12-15,17-18,21,26H,3-11,16,19-20,22H2,1-2H3/t26-,28-/m1/s1. The van der Waals surface area contributed by atoms with E-state index in [1.807, 2.05) is 12.4 Å². The summed E-state index contributed by atoms with van der Waals surface area (Å²) in [4.78, 5) is 4.20. The lowest BCUT2D eigenvalue weighted by molar-refractivity contribution is -0.284. The molecule has 2 heterocycles. The van der Waals surface area contributed by atoms with Crippen LogP contribution >= 0.6 is 11.8 Å². The quantitative estimate of drug-likeness (QED) is 0.161. The molecule has 0 amide bonds. The van der Waals surface area contributed by atoms with Crippen molar-refractivity contribution in [1.29, 1.82) is 0 Å². The maximum Gasteiger partial charge on any atom is 0.453 e. The molecule has 1 aromatic heterocycles. The number of rotatable bonds is 15. The molecule has 2 atom stereocenters. The van der Waals surface area contributed by atoms with Gasteiger partial charge in [-0.3, -0.25) is 4.98 Å². The van der Waals surface area contributed by atoms with Crippen molar-refractivity contribution in [3.05, 3.63) is 59.4 Å². The molecule has 1 aromatic carbocycles. The Hall–Kier alpha value is -1.83. The molecule has 3 rings (SSSR count). The zero-order valence-electron chi connectivity index (χ0n) is 22.5. The van der Waals surface area contributed by atoms with Crippen LogP contribution in [-0.4, -0.2) is 35.2 Å². The smallest absolute Gasteiger partial charge is 0.453 e. The van der Waals surface area contributed by atoms with Crippen LogP contribution in [0.15, 0.2) is 42.7 Å². The molecule has 0 unspecified atom stereocenters. The summed E-state index contributed by atoms with van der Waals surface area (Å²) in [5.41, 5.74) is 3.65. The average Bonchev–Trinajstić information content (AvgIpc) is 2.87. The first-order valence-corrected chi connectivity index (χ1v) is 14.9. The third-order valence-corrected chi connectivity index (χ3v) is 8.81. The highest BCUT2D eigenvalue weighted by Gasteiger charge is 2.56. The predicted octanol–water partition coefficient (Wildman–Crippen LogP) is 9.66. The summed E-state index contributed by atoms with van der Waals surface area (Å²) in [7, 11) is 0. The average molecular weight is 558 g/mol. The lowest BCUT2D eigenvalue weighted by Crippen LogP contribution is -2.40. The highest BCUT2D eigenvalue weighted by atomic mass is 32.2. The van der Waals surface area contributed by atoms with Gasteiger partial charge in [0, 0.05) is 30.1 Å². The molecule has 0 radical (unpaired) electrons. The minimum absolute atomic E-state index is 0.106. The first-order valence-electron chi connectivity index (χ1n) is 13.7. The summed E-state index contributed by atoms with van der Waals surface area (Å²) in [6, 6.07) is 10.7. The summed E-state index contributed by atoms with van der Waals surface area (Å²) in [5.74, 6) is -2.03. The van der Waals surface area contributed by atoms with Crippen LogP contribution in [0.5, 0.6) is 5.75 Å². The second-order valence-corrected chi connectivity index (χ2v) is 11.9. The van der Waals surface area contributed by atoms with Gasteiger partial charge in [0.15, 0.2) is 0 Å². The van der Waals surface area contributed by atoms with Gasteiger partial charge in [0.25, 0.3) is 0 Å². The molecule has 0 saturated heterocycles. The first kappa shape index (κ1) is 30.7. The van der Waals surface area contributed by atoms with E-state index in [-0.39, 0.29) is 11.8 Å². The Bertz CT molecular complexity index is 984. The molecule has 0 bridgehead atoms. The van der Waals surface area contributed by atoms with Crippen molar-refractivity contribution in [3.8, 4) is 5.75 Å². The molecule has 0 saturated carbocycles. The number of fused-ring (bicyclic) bond motifs is 1. The van der Waals surface area contributed by atoms with Gasteiger partial charge in [-0.15, -0.1) is 0 Å². The molecular formula is C30H40F5NOS. The van der Waals surface area contributed by atoms with E-state index in [0.29, 0.717) is 18.3 Å². The number of benzene rings is 1. The zero-order valence-corrected chi connectivity index (χ0v) is 23.3. The van der Waals surface area contributed by atoms with Gasteiger partial charge in [-0.25, -0.2) is 0 Å². The van der Waals surface area contributed by atoms with Crippen LogP contribution in [0.4, 0.5) is 22.0 Å². The van der Waals surface area contributed by atoms with Crippen LogP contribution in [0.2, 0.25) is 0 Å². The fourth-order valence-electron chi connectivity index (χ4n) is 5.29. The number of nitrogens with zero attached hydrogens (tertiary/aromatic N) is 1. The summed E-state index contributed by atoms with van der Waals surface area (Å²) in [6.07, 6.45) is 5.96. The number of hydrogen-bond acceptors (Lipinski definition) is 3. The van der Waals surface area contributed by atoms with Gasteiger partial charge in [-0.2, -0.15) is 33.7 Å². The Labute approximate surface area is 228 Å². The van der Waals surface area contributed by atoms with Crippen LogP contribution in [0, 0.1) is 6.92 Å². The highest BCUT2D eigenvalue weighted by Crippen LogP contribution is 2.49. The monoisotopic (exact) mass is 557 g/mol. The van der Waals surface area contributed by atoms with E-state index in [0.717, 1.165) is 50.0 Å². The molecule has 0 fully saturated rings. The van der Waals surface area contributed by atoms with Crippen LogP contribution in [0.3, 0.4) is 0 Å². The van der Waals surface area contributed by atoms with E-state index in [9.17, 15) is 22.0 Å². The van der Waals surface area contributed by atoms with Crippen molar-refractivity contribution < 1.29 is 26.7 Å². The van der Waals surface area contributed by atoms with E-state index in [1.165, 1.54) is 41.3 Å². The van der Waals surface area contributed by atoms with Crippen molar-refractivity contribution in [2.45, 2.75) is 101 Å². The van der Waals surface area contributed by atoms with E-state index in [4.69, 9.17) is 4.74 Å². The van der Waals surface area contributed by atoms with Gasteiger partial charge < -0.3 is 4.74 Å². The fraction of sp³-hybridized carbons (Fsp3) is 0.633. The maximum atomic E-state index is 12.9. The second kappa shape index (κ2) is 14.0. The van der Waals surface area contributed by atoms with E-state index in [1.54, 1.807) is 0 Å². The van der Waals surface area contributed by atoms with Crippen LogP contribution < -0.4 is 4.74 Å². The highest BCUT2D eigenvalue weighted by molar-refractivity contribution is 7.99. The van der Waals surface area contributed by atoms with E-state index >= 15 is 0 Å². The molecular weight excluding hydrogens is 517 g/mol. The Kier molecular flexibility index (Phi) is 11.3. The van der Waals surface area contributed by atoms with Gasteiger partial charge in [0.1, 0.15) is 5.75 Å². The number of aromatic nitrogens is 1. The van der Waals surface area contributed by atoms with Gasteiger partial charge in [-0.1, -0.05) is 57.6 Å². The lowest BCUT2D eigenvalue weighted by atomic mass is 9.66. The number of aryl methyl sites for hydroxylation is 1. The molecule has 1 aliphatic heterocycles. The SMILES string of the molecule is Cc1ccc2c(c1)OC[C@](C)(c1ccncc1)[C@@H]2CCCCCCCCCSCCCC(F)(F)C(F)(F)F. The van der Waals surface area contributed by atoms with Crippen molar-refractivity contribution in [1.82, 2.24) is 4.98 Å². The summed E-state index contributed by atoms with van der Waals surface area (Å²) < 4.78 is 68.5. The minimum atomic E-state index is -5.44. The Morgan fingerprint density at radius 1 is 0.895 bits per heavy atom. The molecule has 1 aliphatic rings. The topological polar surface area (TPSA) is 22.1 Å². The molecule has 8 heteroatoms. The van der Waals surface area contributed by atoms with Gasteiger partial charge >= 0.3 is 12.1 Å². The second-order valence-electron chi connectivity index (χ2n) is 10.7. The number of thioether (sulfide) groups is 1. The largest absolute Gasteiger partial charge is 0.492 e. The third kappa shape index (κ3) is 8.33. The molecule has 0 aliphatic carbocycles. The Balaban J connectivity index is 1.33. The number of halogens is 5. The number of hydrogen-bond donors (Lipinski definition) is 0. The summed E-state index contributed by atoms with van der Waals surface area (Å²) >= 11 is 1.47. The number of alkyl halides is 5. The Morgan fingerprint density at radius 3 is 2.21 bits per heavy atom. The minimum Gasteiger partial charge on any atom is -0.492 e. The van der Waals surface area contributed by atoms with Gasteiger partial charge in [0.05, 0.1) is 6.61 Å². The normalized spacial score (nSPS) is 19.7. The predicted molar refractivity (Wildman–Crippen MR) is 146 cm³/mol. The number of ether oxygens (including phenoxy) is 1. The molecule has 0 spiro atoms. The number of pyridine rings is 1.